The van der Waals surface area contributed by atoms with Gasteiger partial charge in [-0.15, -0.1) is 0 Å². The Balaban J connectivity index is 2.63. The minimum absolute atomic E-state index is 0.165. The van der Waals surface area contributed by atoms with Crippen LogP contribution in [0.25, 0.3) is 0 Å². The van der Waals surface area contributed by atoms with Crippen molar-refractivity contribution in [2.75, 3.05) is 20.1 Å². The molecule has 0 radical (unpaired) electrons. The van der Waals surface area contributed by atoms with E-state index in [0.717, 1.165) is 25.2 Å². The zero-order valence-electron chi connectivity index (χ0n) is 12.7. The fourth-order valence-electron chi connectivity index (χ4n) is 2.86. The monoisotopic (exact) mass is 263 g/mol. The SMILES string of the molecule is CCCC(CN)(CCC)N(C)CCc1ccccn1. The first-order chi connectivity index (χ1) is 9.18. The van der Waals surface area contributed by atoms with Crippen LogP contribution in [-0.2, 0) is 6.42 Å². The minimum Gasteiger partial charge on any atom is -0.329 e. The van der Waals surface area contributed by atoms with E-state index in [1.807, 2.05) is 12.3 Å². The van der Waals surface area contributed by atoms with Gasteiger partial charge in [0.25, 0.3) is 0 Å². The summed E-state index contributed by atoms with van der Waals surface area (Å²) >= 11 is 0. The fourth-order valence-corrected chi connectivity index (χ4v) is 2.86. The Bertz CT molecular complexity index is 331. The lowest BCUT2D eigenvalue weighted by atomic mass is 9.87. The van der Waals surface area contributed by atoms with Crippen LogP contribution >= 0.6 is 0 Å². The van der Waals surface area contributed by atoms with Crippen molar-refractivity contribution in [3.05, 3.63) is 30.1 Å². The van der Waals surface area contributed by atoms with E-state index in [0.29, 0.717) is 0 Å². The number of nitrogens with two attached hydrogens (primary N) is 1. The van der Waals surface area contributed by atoms with Gasteiger partial charge in [0.2, 0.25) is 0 Å². The standard InChI is InChI=1S/C16H29N3/c1-4-10-16(14-17,11-5-2)19(3)13-9-15-8-6-7-12-18-15/h6-8,12H,4-5,9-11,13-14,17H2,1-3H3. The third kappa shape index (κ3) is 4.59. The van der Waals surface area contributed by atoms with Crippen LogP contribution in [0.3, 0.4) is 0 Å². The van der Waals surface area contributed by atoms with Crippen LogP contribution in [-0.4, -0.2) is 35.6 Å². The van der Waals surface area contributed by atoms with Gasteiger partial charge in [-0.3, -0.25) is 9.88 Å². The molecular weight excluding hydrogens is 234 g/mol. The molecule has 0 unspecified atom stereocenters. The quantitative estimate of drug-likeness (QED) is 0.745. The highest BCUT2D eigenvalue weighted by atomic mass is 15.2. The molecule has 0 aliphatic rings. The average molecular weight is 263 g/mol. The highest BCUT2D eigenvalue weighted by Crippen LogP contribution is 2.25. The Morgan fingerprint density at radius 1 is 1.21 bits per heavy atom. The molecule has 2 N–H and O–H groups in total. The van der Waals surface area contributed by atoms with Gasteiger partial charge in [0.05, 0.1) is 0 Å². The van der Waals surface area contributed by atoms with Crippen molar-refractivity contribution in [2.24, 2.45) is 5.73 Å². The van der Waals surface area contributed by atoms with Crippen LogP contribution in [0.1, 0.15) is 45.2 Å². The van der Waals surface area contributed by atoms with E-state index in [2.05, 4.69) is 42.9 Å². The molecule has 19 heavy (non-hydrogen) atoms. The topological polar surface area (TPSA) is 42.1 Å². The van der Waals surface area contributed by atoms with Gasteiger partial charge in [0.15, 0.2) is 0 Å². The molecule has 3 nitrogen and oxygen atoms in total. The largest absolute Gasteiger partial charge is 0.329 e. The van der Waals surface area contributed by atoms with Crippen molar-refractivity contribution in [1.82, 2.24) is 9.88 Å². The number of rotatable bonds is 9. The van der Waals surface area contributed by atoms with E-state index in [1.54, 1.807) is 0 Å². The van der Waals surface area contributed by atoms with Crippen LogP contribution < -0.4 is 5.73 Å². The molecule has 1 rings (SSSR count). The summed E-state index contributed by atoms with van der Waals surface area (Å²) in [6, 6.07) is 6.11. The van der Waals surface area contributed by atoms with E-state index in [9.17, 15) is 0 Å². The number of likely N-dealkylation sites (N-methyl/N-ethyl adjacent to an activating group) is 1. The second-order valence-corrected chi connectivity index (χ2v) is 5.42. The smallest absolute Gasteiger partial charge is 0.0416 e. The summed E-state index contributed by atoms with van der Waals surface area (Å²) in [5, 5.41) is 0. The van der Waals surface area contributed by atoms with E-state index in [4.69, 9.17) is 5.73 Å². The van der Waals surface area contributed by atoms with Gasteiger partial charge < -0.3 is 5.73 Å². The van der Waals surface area contributed by atoms with Crippen molar-refractivity contribution in [2.45, 2.75) is 51.5 Å². The molecule has 0 saturated carbocycles. The Labute approximate surface area is 118 Å². The first kappa shape index (κ1) is 16.1. The summed E-state index contributed by atoms with van der Waals surface area (Å²) in [4.78, 5) is 6.85. The van der Waals surface area contributed by atoms with Crippen LogP contribution in [0, 0.1) is 0 Å². The molecular formula is C16H29N3. The maximum Gasteiger partial charge on any atom is 0.0416 e. The van der Waals surface area contributed by atoms with Gasteiger partial charge in [-0.1, -0.05) is 32.8 Å². The van der Waals surface area contributed by atoms with Crippen LogP contribution in [0.2, 0.25) is 0 Å². The van der Waals surface area contributed by atoms with Gasteiger partial charge in [0.1, 0.15) is 0 Å². The molecule has 0 aliphatic heterocycles. The Kier molecular flexibility index (Phi) is 7.03. The Hall–Kier alpha value is -0.930. The lowest BCUT2D eigenvalue weighted by Gasteiger charge is -2.41. The first-order valence-electron chi connectivity index (χ1n) is 7.49. The number of nitrogens with zero attached hydrogens (tertiary/aromatic N) is 2. The maximum atomic E-state index is 6.09. The Morgan fingerprint density at radius 2 is 1.89 bits per heavy atom. The van der Waals surface area contributed by atoms with Crippen molar-refractivity contribution in [3.8, 4) is 0 Å². The summed E-state index contributed by atoms with van der Waals surface area (Å²) in [5.74, 6) is 0. The summed E-state index contributed by atoms with van der Waals surface area (Å²) in [6.07, 6.45) is 7.58. The molecule has 1 aromatic rings. The van der Waals surface area contributed by atoms with E-state index in [1.165, 1.54) is 25.7 Å². The first-order valence-corrected chi connectivity index (χ1v) is 7.49. The lowest BCUT2D eigenvalue weighted by Crippen LogP contribution is -2.52. The summed E-state index contributed by atoms with van der Waals surface area (Å²) in [6.45, 7) is 6.25. The van der Waals surface area contributed by atoms with Crippen molar-refractivity contribution < 1.29 is 0 Å². The van der Waals surface area contributed by atoms with Crippen LogP contribution in [0.4, 0.5) is 0 Å². The summed E-state index contributed by atoms with van der Waals surface area (Å²) < 4.78 is 0. The zero-order valence-corrected chi connectivity index (χ0v) is 12.7. The number of hydrogen-bond acceptors (Lipinski definition) is 3. The predicted octanol–water partition coefficient (Wildman–Crippen LogP) is 2.85. The number of hydrogen-bond donors (Lipinski definition) is 1. The second-order valence-electron chi connectivity index (χ2n) is 5.42. The van der Waals surface area contributed by atoms with Gasteiger partial charge in [-0.2, -0.15) is 0 Å². The summed E-state index contributed by atoms with van der Waals surface area (Å²) in [5.41, 5.74) is 7.42. The average Bonchev–Trinajstić information content (AvgIpc) is 2.45. The van der Waals surface area contributed by atoms with Gasteiger partial charge in [0, 0.05) is 36.9 Å². The molecule has 0 bridgehead atoms. The molecule has 0 aliphatic carbocycles. The molecule has 0 spiro atoms. The molecule has 0 atom stereocenters. The predicted molar refractivity (Wildman–Crippen MR) is 82.2 cm³/mol. The van der Waals surface area contributed by atoms with Crippen LogP contribution in [0.15, 0.2) is 24.4 Å². The molecule has 3 heteroatoms. The van der Waals surface area contributed by atoms with Crippen molar-refractivity contribution in [1.29, 1.82) is 0 Å². The highest BCUT2D eigenvalue weighted by molar-refractivity contribution is 5.04. The maximum absolute atomic E-state index is 6.09. The number of aromatic nitrogens is 1. The van der Waals surface area contributed by atoms with Gasteiger partial charge in [-0.05, 0) is 32.0 Å². The third-order valence-electron chi connectivity index (χ3n) is 4.05. The minimum atomic E-state index is 0.165. The summed E-state index contributed by atoms with van der Waals surface area (Å²) in [7, 11) is 2.21. The molecule has 108 valence electrons. The third-order valence-corrected chi connectivity index (χ3v) is 4.05. The highest BCUT2D eigenvalue weighted by Gasteiger charge is 2.30. The van der Waals surface area contributed by atoms with Crippen molar-refractivity contribution >= 4 is 0 Å². The molecule has 1 heterocycles. The Morgan fingerprint density at radius 3 is 2.37 bits per heavy atom. The molecule has 0 fully saturated rings. The van der Waals surface area contributed by atoms with E-state index >= 15 is 0 Å². The molecule has 0 aromatic carbocycles. The molecule has 1 aromatic heterocycles. The normalized spacial score (nSPS) is 12.1. The fraction of sp³-hybridized carbons (Fsp3) is 0.688. The van der Waals surface area contributed by atoms with E-state index < -0.39 is 0 Å². The molecule has 0 amide bonds. The zero-order chi connectivity index (χ0) is 14.1. The molecule has 0 saturated heterocycles. The van der Waals surface area contributed by atoms with E-state index in [-0.39, 0.29) is 5.54 Å². The second kappa shape index (κ2) is 8.28. The lowest BCUT2D eigenvalue weighted by molar-refractivity contribution is 0.104. The number of pyridine rings is 1. The van der Waals surface area contributed by atoms with Gasteiger partial charge >= 0.3 is 0 Å². The van der Waals surface area contributed by atoms with Gasteiger partial charge in [-0.25, -0.2) is 0 Å². The van der Waals surface area contributed by atoms with Crippen LogP contribution in [0.5, 0.6) is 0 Å². The van der Waals surface area contributed by atoms with Crippen molar-refractivity contribution in [3.63, 3.8) is 0 Å².